The minimum absolute atomic E-state index is 0.0424. The number of rotatable bonds is 5. The molecule has 0 radical (unpaired) electrons. The number of ether oxygens (including phenoxy) is 1. The molecule has 4 N–H and O–H groups in total. The maximum Gasteiger partial charge on any atom is 0.473 e. The summed E-state index contributed by atoms with van der Waals surface area (Å²) in [6, 6.07) is -0.835. The normalized spacial score (nSPS) is 29.2. The number of likely N-dealkylation sites (tertiary alicyclic amines) is 1. The second-order valence-electron chi connectivity index (χ2n) is 11.0. The fraction of sp³-hybridized carbons (Fsp3) is 0.700. The van der Waals surface area contributed by atoms with Crippen molar-refractivity contribution < 1.29 is 28.0 Å². The van der Waals surface area contributed by atoms with E-state index in [1.807, 2.05) is 20.8 Å². The predicted octanol–water partition coefficient (Wildman–Crippen LogP) is 1.55. The highest BCUT2D eigenvalue weighted by Gasteiger charge is 2.71. The van der Waals surface area contributed by atoms with Crippen molar-refractivity contribution in [3.05, 3.63) is 16.7 Å². The Morgan fingerprint density at radius 3 is 2.53 bits per heavy atom. The zero-order valence-electron chi connectivity index (χ0n) is 20.2. The van der Waals surface area contributed by atoms with Gasteiger partial charge in [-0.3, -0.25) is 28.2 Å². The molecule has 2 aromatic rings. The molecule has 4 heterocycles. The minimum Gasteiger partial charge on any atom is -0.369 e. The number of phosphoric ester groups is 1. The number of nitrogen functional groups attached to an aromatic ring is 1. The maximum atomic E-state index is 13.4. The zero-order chi connectivity index (χ0) is 25.4. The van der Waals surface area contributed by atoms with E-state index in [1.54, 1.807) is 27.8 Å². The van der Waals surface area contributed by atoms with Crippen molar-refractivity contribution in [3.8, 4) is 0 Å². The van der Waals surface area contributed by atoms with Crippen LogP contribution in [-0.4, -0.2) is 65.6 Å². The molecule has 3 unspecified atom stereocenters. The first-order valence-electron chi connectivity index (χ1n) is 10.8. The SMILES string of the molecule is CN1C(=O)[C@]2(CC(C)(C)C)O[C@@H](n3cnc4c(=O)[nH]c(N)nc43)C1C2OP(=O)(O)OC(C)(C)C. The molecule has 2 aromatic heterocycles. The van der Waals surface area contributed by atoms with Gasteiger partial charge in [0.25, 0.3) is 11.5 Å². The van der Waals surface area contributed by atoms with E-state index >= 15 is 0 Å². The van der Waals surface area contributed by atoms with Gasteiger partial charge in [0.2, 0.25) is 5.95 Å². The van der Waals surface area contributed by atoms with Gasteiger partial charge in [-0.1, -0.05) is 20.8 Å². The first-order chi connectivity index (χ1) is 15.4. The largest absolute Gasteiger partial charge is 0.473 e. The van der Waals surface area contributed by atoms with Crippen LogP contribution in [0, 0.1) is 5.41 Å². The minimum atomic E-state index is -4.60. The zero-order valence-corrected chi connectivity index (χ0v) is 21.1. The molecule has 5 atom stereocenters. The summed E-state index contributed by atoms with van der Waals surface area (Å²) < 4.78 is 31.8. The second-order valence-corrected chi connectivity index (χ2v) is 12.3. The Kier molecular flexibility index (Phi) is 5.54. The molecule has 0 aliphatic carbocycles. The number of aromatic nitrogens is 4. The first kappa shape index (κ1) is 24.8. The molecule has 4 rings (SSSR count). The topological polar surface area (TPSA) is 175 Å². The highest BCUT2D eigenvalue weighted by atomic mass is 31.2. The van der Waals surface area contributed by atoms with Crippen molar-refractivity contribution in [2.45, 2.75) is 77.5 Å². The van der Waals surface area contributed by atoms with Gasteiger partial charge in [0, 0.05) is 7.05 Å². The van der Waals surface area contributed by atoms with Gasteiger partial charge in [0.05, 0.1) is 11.9 Å². The number of fused-ring (bicyclic) bond motifs is 3. The molecule has 2 aliphatic heterocycles. The number of nitrogens with two attached hydrogens (primary N) is 1. The Hall–Kier alpha value is -2.31. The number of anilines is 1. The van der Waals surface area contributed by atoms with Crippen LogP contribution in [0.15, 0.2) is 11.1 Å². The third kappa shape index (κ3) is 4.16. The van der Waals surface area contributed by atoms with Crippen LogP contribution in [0.1, 0.15) is 54.2 Å². The fourth-order valence-electron chi connectivity index (χ4n) is 4.79. The van der Waals surface area contributed by atoms with Crippen molar-refractivity contribution >= 4 is 30.8 Å². The van der Waals surface area contributed by atoms with Gasteiger partial charge in [0.1, 0.15) is 12.1 Å². The van der Waals surface area contributed by atoms with Gasteiger partial charge in [-0.25, -0.2) is 9.55 Å². The third-order valence-corrected chi connectivity index (χ3v) is 6.95. The Labute approximate surface area is 196 Å². The Balaban J connectivity index is 1.84. The van der Waals surface area contributed by atoms with Gasteiger partial charge in [-0.2, -0.15) is 4.98 Å². The van der Waals surface area contributed by atoms with E-state index < -0.39 is 48.4 Å². The van der Waals surface area contributed by atoms with Gasteiger partial charge >= 0.3 is 7.82 Å². The van der Waals surface area contributed by atoms with Crippen LogP contribution in [0.3, 0.4) is 0 Å². The summed E-state index contributed by atoms with van der Waals surface area (Å²) in [5.74, 6) is -0.485. The lowest BCUT2D eigenvalue weighted by molar-refractivity contribution is -0.179. The van der Waals surface area contributed by atoms with Crippen LogP contribution in [0.5, 0.6) is 0 Å². The highest BCUT2D eigenvalue weighted by Crippen LogP contribution is 2.59. The molecular weight excluding hydrogens is 467 g/mol. The lowest BCUT2D eigenvalue weighted by atomic mass is 9.80. The summed E-state index contributed by atoms with van der Waals surface area (Å²) >= 11 is 0. The number of likely N-dealkylation sites (N-methyl/N-ethyl adjacent to an activating group) is 1. The van der Waals surface area contributed by atoms with Crippen molar-refractivity contribution in [1.29, 1.82) is 0 Å². The first-order valence-corrected chi connectivity index (χ1v) is 12.3. The van der Waals surface area contributed by atoms with Crippen molar-refractivity contribution in [1.82, 2.24) is 24.4 Å². The lowest BCUT2D eigenvalue weighted by Crippen LogP contribution is -2.51. The number of carbonyl (C=O) groups excluding carboxylic acids is 1. The molecule has 1 amide bonds. The smallest absolute Gasteiger partial charge is 0.369 e. The number of nitrogens with one attached hydrogen (secondary N) is 1. The van der Waals surface area contributed by atoms with Gasteiger partial charge < -0.3 is 20.3 Å². The molecule has 2 saturated heterocycles. The van der Waals surface area contributed by atoms with Gasteiger partial charge in [-0.15, -0.1) is 0 Å². The number of hydrogen-bond acceptors (Lipinski definition) is 9. The van der Waals surface area contributed by atoms with Crippen LogP contribution in [0.25, 0.3) is 11.2 Å². The standard InChI is InChI=1S/C20H31N6O7P/c1-18(2,3)8-20-12(32-34(29,30)33-19(4,5)6)11(25(7)16(20)28)15(31-20)26-9-22-10-13(26)23-17(21)24-14(10)27/h9,11-12,15H,8H2,1-7H3,(H,29,30)(H3,21,23,24,27)/t11?,12?,15-,20-/m1/s1. The van der Waals surface area contributed by atoms with E-state index in [0.29, 0.717) is 0 Å². The molecule has 188 valence electrons. The van der Waals surface area contributed by atoms with E-state index in [2.05, 4.69) is 15.0 Å². The number of amides is 1. The second kappa shape index (κ2) is 7.59. The average Bonchev–Trinajstić information content (AvgIpc) is 3.21. The number of carbonyl (C=O) groups is 1. The summed E-state index contributed by atoms with van der Waals surface area (Å²) in [6.07, 6.45) is -0.506. The number of phosphoric acid groups is 1. The van der Waals surface area contributed by atoms with Crippen LogP contribution >= 0.6 is 7.82 Å². The van der Waals surface area contributed by atoms with Crippen molar-refractivity contribution in [2.75, 3.05) is 12.8 Å². The van der Waals surface area contributed by atoms with E-state index in [-0.39, 0.29) is 29.4 Å². The molecule has 0 spiro atoms. The van der Waals surface area contributed by atoms with E-state index in [4.69, 9.17) is 19.5 Å². The molecule has 34 heavy (non-hydrogen) atoms. The third-order valence-electron chi connectivity index (χ3n) is 5.68. The Bertz CT molecular complexity index is 1240. The van der Waals surface area contributed by atoms with Crippen LogP contribution < -0.4 is 11.3 Å². The van der Waals surface area contributed by atoms with E-state index in [0.717, 1.165) is 0 Å². The number of nitrogens with zero attached hydrogens (tertiary/aromatic N) is 4. The van der Waals surface area contributed by atoms with Crippen molar-refractivity contribution in [3.63, 3.8) is 0 Å². The number of aromatic amines is 1. The van der Waals surface area contributed by atoms with Crippen LogP contribution in [0.4, 0.5) is 5.95 Å². The molecule has 2 fully saturated rings. The Morgan fingerprint density at radius 2 is 1.94 bits per heavy atom. The predicted molar refractivity (Wildman–Crippen MR) is 122 cm³/mol. The van der Waals surface area contributed by atoms with E-state index in [1.165, 1.54) is 15.8 Å². The molecule has 2 aliphatic rings. The quantitative estimate of drug-likeness (QED) is 0.513. The van der Waals surface area contributed by atoms with Crippen LogP contribution in [0.2, 0.25) is 0 Å². The number of imidazole rings is 1. The lowest BCUT2D eigenvalue weighted by Gasteiger charge is -2.38. The monoisotopic (exact) mass is 498 g/mol. The number of H-pyrrole nitrogens is 1. The summed E-state index contributed by atoms with van der Waals surface area (Å²) in [5.41, 5.74) is 2.44. The highest BCUT2D eigenvalue weighted by molar-refractivity contribution is 7.47. The summed E-state index contributed by atoms with van der Waals surface area (Å²) in [4.78, 5) is 48.4. The molecule has 0 saturated carbocycles. The van der Waals surface area contributed by atoms with Crippen LogP contribution in [-0.2, 0) is 23.1 Å². The summed E-state index contributed by atoms with van der Waals surface area (Å²) in [5, 5.41) is 0. The molecule has 0 aromatic carbocycles. The Morgan fingerprint density at radius 1 is 1.29 bits per heavy atom. The molecular formula is C20H31N6O7P. The molecule has 13 nitrogen and oxygen atoms in total. The number of morpholine rings is 1. The number of hydrogen-bond donors (Lipinski definition) is 3. The average molecular weight is 498 g/mol. The van der Waals surface area contributed by atoms with Gasteiger partial charge in [-0.05, 0) is 32.6 Å². The van der Waals surface area contributed by atoms with Crippen molar-refractivity contribution in [2.24, 2.45) is 5.41 Å². The summed E-state index contributed by atoms with van der Waals surface area (Å²) in [7, 11) is -3.03. The maximum absolute atomic E-state index is 13.4. The van der Waals surface area contributed by atoms with E-state index in [9.17, 15) is 19.0 Å². The summed E-state index contributed by atoms with van der Waals surface area (Å²) in [6.45, 7) is 10.6. The van der Waals surface area contributed by atoms with Gasteiger partial charge in [0.15, 0.2) is 23.0 Å². The molecule has 14 heteroatoms. The molecule has 2 bridgehead atoms. The fourth-order valence-corrected chi connectivity index (χ4v) is 6.11.